The van der Waals surface area contributed by atoms with Crippen LogP contribution in [0.2, 0.25) is 0 Å². The Balaban J connectivity index is 2.03. The second kappa shape index (κ2) is 6.12. The highest BCUT2D eigenvalue weighted by Crippen LogP contribution is 2.31. The number of aliphatic hydroxyl groups is 1. The number of aromatic hydroxyl groups is 1. The van der Waals surface area contributed by atoms with Gasteiger partial charge in [0.25, 0.3) is 0 Å². The Morgan fingerprint density at radius 1 is 1.00 bits per heavy atom. The zero-order valence-electron chi connectivity index (χ0n) is 12.5. The van der Waals surface area contributed by atoms with Crippen LogP contribution >= 0.6 is 0 Å². The van der Waals surface area contributed by atoms with Crippen molar-refractivity contribution < 1.29 is 23.4 Å². The Hall–Kier alpha value is -2.61. The highest BCUT2D eigenvalue weighted by molar-refractivity contribution is 5.75. The quantitative estimate of drug-likeness (QED) is 0.767. The summed E-state index contributed by atoms with van der Waals surface area (Å²) in [6.45, 7) is 0.0420. The highest BCUT2D eigenvalue weighted by atomic mass is 19.4. The minimum absolute atomic E-state index is 0.0420. The molecule has 1 heterocycles. The van der Waals surface area contributed by atoms with Gasteiger partial charge < -0.3 is 10.2 Å². The lowest BCUT2D eigenvalue weighted by Gasteiger charge is -2.06. The van der Waals surface area contributed by atoms with Crippen LogP contribution in [0.5, 0.6) is 5.75 Å². The van der Waals surface area contributed by atoms with E-state index >= 15 is 0 Å². The van der Waals surface area contributed by atoms with Gasteiger partial charge in [0.1, 0.15) is 22.5 Å². The number of rotatable bonds is 4. The van der Waals surface area contributed by atoms with E-state index in [1.165, 1.54) is 12.1 Å². The first-order chi connectivity index (χ1) is 11.4. The largest absolute Gasteiger partial charge is 0.506 e. The first-order valence-corrected chi connectivity index (χ1v) is 7.26. The van der Waals surface area contributed by atoms with Crippen LogP contribution in [0.3, 0.4) is 0 Å². The third-order valence-corrected chi connectivity index (χ3v) is 3.59. The molecular weight excluding hydrogens is 323 g/mol. The number of alkyl halides is 3. The molecule has 2 N–H and O–H groups in total. The number of hydrogen-bond donors (Lipinski definition) is 2. The van der Waals surface area contributed by atoms with Crippen LogP contribution in [0.25, 0.3) is 16.7 Å². The summed E-state index contributed by atoms with van der Waals surface area (Å²) in [5.41, 5.74) is 0.709. The Morgan fingerprint density at radius 3 is 2.46 bits per heavy atom. The summed E-state index contributed by atoms with van der Waals surface area (Å²) in [7, 11) is 0. The zero-order valence-corrected chi connectivity index (χ0v) is 12.5. The standard InChI is InChI=1S/C16H14F3N3O2/c17-16(18,19)11-4-5-12-13(9-11)21-22(20-12)14-8-10(2-1-7-23)3-6-15(14)24/h3-6,8-9,23-24H,1-2,7H2. The maximum absolute atomic E-state index is 12.8. The van der Waals surface area contributed by atoms with Gasteiger partial charge in [-0.1, -0.05) is 6.07 Å². The third-order valence-electron chi connectivity index (χ3n) is 3.59. The van der Waals surface area contributed by atoms with Crippen LogP contribution in [0.15, 0.2) is 36.4 Å². The molecule has 126 valence electrons. The predicted molar refractivity (Wildman–Crippen MR) is 80.9 cm³/mol. The lowest BCUT2D eigenvalue weighted by atomic mass is 10.1. The van der Waals surface area contributed by atoms with Gasteiger partial charge >= 0.3 is 6.18 Å². The van der Waals surface area contributed by atoms with Crippen LogP contribution in [0.4, 0.5) is 13.2 Å². The topological polar surface area (TPSA) is 71.2 Å². The van der Waals surface area contributed by atoms with Gasteiger partial charge in [0.2, 0.25) is 0 Å². The van der Waals surface area contributed by atoms with Crippen molar-refractivity contribution in [2.24, 2.45) is 0 Å². The summed E-state index contributed by atoms with van der Waals surface area (Å²) < 4.78 is 38.3. The van der Waals surface area contributed by atoms with E-state index in [2.05, 4.69) is 10.2 Å². The van der Waals surface area contributed by atoms with Crippen LogP contribution in [0, 0.1) is 0 Å². The molecule has 0 spiro atoms. The van der Waals surface area contributed by atoms with Gasteiger partial charge in [-0.2, -0.15) is 13.2 Å². The summed E-state index contributed by atoms with van der Waals surface area (Å²) in [4.78, 5) is 1.11. The summed E-state index contributed by atoms with van der Waals surface area (Å²) >= 11 is 0. The molecule has 0 unspecified atom stereocenters. The number of benzene rings is 2. The molecule has 3 aromatic rings. The van der Waals surface area contributed by atoms with Crippen molar-refractivity contribution in [1.29, 1.82) is 0 Å². The van der Waals surface area contributed by atoms with E-state index in [-0.39, 0.29) is 23.6 Å². The number of fused-ring (bicyclic) bond motifs is 1. The average molecular weight is 337 g/mol. The molecule has 0 radical (unpaired) electrons. The lowest BCUT2D eigenvalue weighted by Crippen LogP contribution is -2.04. The Kier molecular flexibility index (Phi) is 4.15. The third kappa shape index (κ3) is 3.18. The summed E-state index contributed by atoms with van der Waals surface area (Å²) in [6, 6.07) is 7.93. The Bertz CT molecular complexity index is 875. The van der Waals surface area contributed by atoms with Gasteiger partial charge in [-0.15, -0.1) is 15.0 Å². The minimum atomic E-state index is -4.45. The van der Waals surface area contributed by atoms with E-state index in [1.54, 1.807) is 12.1 Å². The predicted octanol–water partition coefficient (Wildman–Crippen LogP) is 3.07. The highest BCUT2D eigenvalue weighted by Gasteiger charge is 2.31. The molecule has 0 aliphatic rings. The Morgan fingerprint density at radius 2 is 1.75 bits per heavy atom. The molecule has 5 nitrogen and oxygen atoms in total. The molecule has 1 aromatic heterocycles. The number of nitrogens with zero attached hydrogens (tertiary/aromatic N) is 3. The van der Waals surface area contributed by atoms with Gasteiger partial charge in [0, 0.05) is 6.61 Å². The smallest absolute Gasteiger partial charge is 0.416 e. The normalized spacial score (nSPS) is 12.0. The van der Waals surface area contributed by atoms with Crippen molar-refractivity contribution in [3.63, 3.8) is 0 Å². The first kappa shape index (κ1) is 16.3. The molecule has 0 fully saturated rings. The maximum atomic E-state index is 12.8. The molecular formula is C16H14F3N3O2. The number of halogens is 3. The molecule has 3 rings (SSSR count). The second-order valence-electron chi connectivity index (χ2n) is 5.34. The van der Waals surface area contributed by atoms with Crippen molar-refractivity contribution in [2.75, 3.05) is 6.61 Å². The number of phenolic OH excluding ortho intramolecular Hbond substituents is 1. The van der Waals surface area contributed by atoms with E-state index in [0.717, 1.165) is 22.5 Å². The van der Waals surface area contributed by atoms with Gasteiger partial charge in [-0.25, -0.2) is 0 Å². The first-order valence-electron chi connectivity index (χ1n) is 7.26. The monoisotopic (exact) mass is 337 g/mol. The fourth-order valence-corrected chi connectivity index (χ4v) is 2.37. The number of aliphatic hydroxyl groups excluding tert-OH is 1. The van der Waals surface area contributed by atoms with E-state index < -0.39 is 11.7 Å². The van der Waals surface area contributed by atoms with Gasteiger partial charge in [0.15, 0.2) is 0 Å². The second-order valence-corrected chi connectivity index (χ2v) is 5.34. The van der Waals surface area contributed by atoms with E-state index in [9.17, 15) is 18.3 Å². The number of aryl methyl sites for hydroxylation is 1. The molecule has 0 aliphatic heterocycles. The van der Waals surface area contributed by atoms with E-state index in [1.807, 2.05) is 0 Å². The molecule has 0 amide bonds. The number of phenols is 1. The fourth-order valence-electron chi connectivity index (χ4n) is 2.37. The van der Waals surface area contributed by atoms with Crippen LogP contribution < -0.4 is 0 Å². The number of hydrogen-bond acceptors (Lipinski definition) is 4. The minimum Gasteiger partial charge on any atom is -0.506 e. The zero-order chi connectivity index (χ0) is 17.3. The Labute approximate surface area is 135 Å². The molecule has 24 heavy (non-hydrogen) atoms. The van der Waals surface area contributed by atoms with Crippen molar-refractivity contribution in [3.8, 4) is 11.4 Å². The van der Waals surface area contributed by atoms with Gasteiger partial charge in [-0.05, 0) is 48.7 Å². The van der Waals surface area contributed by atoms with Crippen molar-refractivity contribution in [2.45, 2.75) is 19.0 Å². The van der Waals surface area contributed by atoms with Crippen molar-refractivity contribution in [3.05, 3.63) is 47.5 Å². The van der Waals surface area contributed by atoms with Crippen LogP contribution in [0.1, 0.15) is 17.5 Å². The number of aromatic nitrogens is 3. The molecule has 0 bridgehead atoms. The molecule has 0 atom stereocenters. The SMILES string of the molecule is OCCCc1ccc(O)c(-n2nc3ccc(C(F)(F)F)cc3n2)c1. The van der Waals surface area contributed by atoms with Crippen molar-refractivity contribution >= 4 is 11.0 Å². The van der Waals surface area contributed by atoms with Gasteiger partial charge in [-0.3, -0.25) is 0 Å². The molecule has 0 saturated carbocycles. The maximum Gasteiger partial charge on any atom is 0.416 e. The average Bonchev–Trinajstić information content (AvgIpc) is 2.96. The van der Waals surface area contributed by atoms with Crippen molar-refractivity contribution in [1.82, 2.24) is 15.0 Å². The van der Waals surface area contributed by atoms with Crippen LogP contribution in [-0.2, 0) is 12.6 Å². The van der Waals surface area contributed by atoms with E-state index in [0.29, 0.717) is 18.4 Å². The summed E-state index contributed by atoms with van der Waals surface area (Å²) in [5.74, 6) is -0.0842. The van der Waals surface area contributed by atoms with E-state index in [4.69, 9.17) is 5.11 Å². The van der Waals surface area contributed by atoms with Gasteiger partial charge in [0.05, 0.1) is 5.56 Å². The molecule has 8 heteroatoms. The van der Waals surface area contributed by atoms with Crippen LogP contribution in [-0.4, -0.2) is 31.8 Å². The lowest BCUT2D eigenvalue weighted by molar-refractivity contribution is -0.137. The molecule has 2 aromatic carbocycles. The summed E-state index contributed by atoms with van der Waals surface area (Å²) in [6.07, 6.45) is -3.29. The fraction of sp³-hybridized carbons (Fsp3) is 0.250. The summed E-state index contributed by atoms with van der Waals surface area (Å²) in [5, 5.41) is 27.0. The molecule has 0 saturated heterocycles. The molecule has 0 aliphatic carbocycles.